The highest BCUT2D eigenvalue weighted by atomic mass is 28.3. The highest BCUT2D eigenvalue weighted by Crippen LogP contribution is 2.30. The number of hydrogen-bond donors (Lipinski definition) is 0. The van der Waals surface area contributed by atoms with Gasteiger partial charge in [-0.1, -0.05) is 206 Å². The Kier molecular flexibility index (Phi) is 27.0. The SMILES string of the molecule is CCCCCCCCCCC[Si](C)(CCCCCCCCCC)CCCCCCCCCC. The van der Waals surface area contributed by atoms with E-state index in [1.807, 2.05) is 0 Å². The van der Waals surface area contributed by atoms with Crippen LogP contribution >= 0.6 is 0 Å². The van der Waals surface area contributed by atoms with Crippen LogP contribution in [0.4, 0.5) is 0 Å². The number of hydrogen-bond acceptors (Lipinski definition) is 0. The molecule has 0 unspecified atom stereocenters. The molecule has 0 N–H and O–H groups in total. The molecule has 0 aliphatic carbocycles. The second-order valence-electron chi connectivity index (χ2n) is 11.8. The summed E-state index contributed by atoms with van der Waals surface area (Å²) in [6.07, 6.45) is 37.0. The quantitative estimate of drug-likeness (QED) is 0.0771. The van der Waals surface area contributed by atoms with Crippen molar-refractivity contribution in [2.75, 3.05) is 0 Å². The predicted octanol–water partition coefficient (Wildman–Crippen LogP) is 12.9. The lowest BCUT2D eigenvalue weighted by Gasteiger charge is -2.28. The first-order valence-corrected chi connectivity index (χ1v) is 19.3. The van der Waals surface area contributed by atoms with Crippen LogP contribution in [-0.2, 0) is 0 Å². The lowest BCUT2D eigenvalue weighted by molar-refractivity contribution is 0.568. The van der Waals surface area contributed by atoms with Crippen molar-refractivity contribution in [3.05, 3.63) is 0 Å². The van der Waals surface area contributed by atoms with E-state index in [0.29, 0.717) is 0 Å². The lowest BCUT2D eigenvalue weighted by atomic mass is 10.1. The molecule has 0 rings (SSSR count). The van der Waals surface area contributed by atoms with Crippen molar-refractivity contribution in [1.82, 2.24) is 0 Å². The van der Waals surface area contributed by atoms with Crippen LogP contribution in [0.15, 0.2) is 0 Å². The van der Waals surface area contributed by atoms with Gasteiger partial charge in [-0.2, -0.15) is 0 Å². The van der Waals surface area contributed by atoms with E-state index in [2.05, 4.69) is 27.3 Å². The summed E-state index contributed by atoms with van der Waals surface area (Å²) in [6, 6.07) is 4.90. The molecule has 200 valence electrons. The summed E-state index contributed by atoms with van der Waals surface area (Å²) in [6.45, 7) is 9.76. The normalized spacial score (nSPS) is 12.0. The van der Waals surface area contributed by atoms with Crippen molar-refractivity contribution in [1.29, 1.82) is 0 Å². The van der Waals surface area contributed by atoms with E-state index in [0.717, 1.165) is 0 Å². The van der Waals surface area contributed by atoms with Gasteiger partial charge in [-0.25, -0.2) is 0 Å². The van der Waals surface area contributed by atoms with Gasteiger partial charge >= 0.3 is 0 Å². The van der Waals surface area contributed by atoms with Crippen molar-refractivity contribution in [2.24, 2.45) is 0 Å². The second-order valence-corrected chi connectivity index (χ2v) is 17.0. The Morgan fingerprint density at radius 3 is 0.667 bits per heavy atom. The first kappa shape index (κ1) is 33.2. The third kappa shape index (κ3) is 25.1. The Labute approximate surface area is 213 Å². The monoisotopic (exact) mass is 481 g/mol. The van der Waals surface area contributed by atoms with Gasteiger partial charge in [-0.05, 0) is 0 Å². The molecule has 0 aliphatic rings. The Hall–Kier alpha value is 0.217. The molecule has 0 aliphatic heterocycles. The van der Waals surface area contributed by atoms with E-state index >= 15 is 0 Å². The highest BCUT2D eigenvalue weighted by Gasteiger charge is 2.25. The smallest absolute Gasteiger partial charge is 0.0504 e. The molecule has 0 saturated carbocycles. The zero-order valence-corrected chi connectivity index (χ0v) is 25.3. The average molecular weight is 481 g/mol. The molecule has 0 aromatic rings. The molecule has 0 saturated heterocycles. The molecule has 0 aromatic heterocycles. The van der Waals surface area contributed by atoms with Gasteiger partial charge in [0.2, 0.25) is 0 Å². The standard InChI is InChI=1S/C32H68Si/c1-5-8-11-14-17-20-23-26-29-32-33(4,30-27-24-21-18-15-12-9-6-2)31-28-25-22-19-16-13-10-7-3/h5-32H2,1-4H3. The molecule has 33 heavy (non-hydrogen) atoms. The summed E-state index contributed by atoms with van der Waals surface area (Å²) >= 11 is 0. The molecular weight excluding hydrogens is 412 g/mol. The maximum Gasteiger partial charge on any atom is 0.0504 e. The highest BCUT2D eigenvalue weighted by molar-refractivity contribution is 6.78. The number of rotatable bonds is 28. The molecule has 0 atom stereocenters. The van der Waals surface area contributed by atoms with Gasteiger partial charge in [0.1, 0.15) is 0 Å². The fourth-order valence-corrected chi connectivity index (χ4v) is 9.67. The van der Waals surface area contributed by atoms with E-state index in [1.165, 1.54) is 141 Å². The van der Waals surface area contributed by atoms with Gasteiger partial charge in [0.25, 0.3) is 0 Å². The molecule has 0 heterocycles. The van der Waals surface area contributed by atoms with Gasteiger partial charge in [-0.3, -0.25) is 0 Å². The van der Waals surface area contributed by atoms with Crippen LogP contribution in [0.5, 0.6) is 0 Å². The van der Waals surface area contributed by atoms with Crippen LogP contribution in [0.1, 0.15) is 181 Å². The van der Waals surface area contributed by atoms with Crippen molar-refractivity contribution in [2.45, 2.75) is 206 Å². The molecule has 0 nitrogen and oxygen atoms in total. The molecule has 0 aromatic carbocycles. The topological polar surface area (TPSA) is 0 Å². The van der Waals surface area contributed by atoms with E-state index in [1.54, 1.807) is 37.4 Å². The van der Waals surface area contributed by atoms with Crippen LogP contribution in [0, 0.1) is 0 Å². The van der Waals surface area contributed by atoms with E-state index in [4.69, 9.17) is 0 Å². The van der Waals surface area contributed by atoms with Crippen molar-refractivity contribution < 1.29 is 0 Å². The fraction of sp³-hybridized carbons (Fsp3) is 1.00. The minimum absolute atomic E-state index is 0.998. The Bertz CT molecular complexity index is 330. The first-order valence-electron chi connectivity index (χ1n) is 16.2. The molecule has 0 bridgehead atoms. The van der Waals surface area contributed by atoms with Gasteiger partial charge < -0.3 is 0 Å². The summed E-state index contributed by atoms with van der Waals surface area (Å²) < 4.78 is 0. The lowest BCUT2D eigenvalue weighted by Crippen LogP contribution is -2.29. The minimum Gasteiger partial charge on any atom is -0.0691 e. The summed E-state index contributed by atoms with van der Waals surface area (Å²) in [5.74, 6) is 0. The van der Waals surface area contributed by atoms with E-state index < -0.39 is 8.07 Å². The van der Waals surface area contributed by atoms with E-state index in [-0.39, 0.29) is 0 Å². The third-order valence-corrected chi connectivity index (χ3v) is 12.8. The van der Waals surface area contributed by atoms with Gasteiger partial charge in [0.15, 0.2) is 0 Å². The maximum absolute atomic E-state index is 2.79. The summed E-state index contributed by atoms with van der Waals surface area (Å²) in [5, 5.41) is 0. The molecule has 0 spiro atoms. The van der Waals surface area contributed by atoms with Crippen LogP contribution in [0.3, 0.4) is 0 Å². The van der Waals surface area contributed by atoms with Gasteiger partial charge in [0.05, 0.1) is 8.07 Å². The third-order valence-electron chi connectivity index (χ3n) is 8.15. The molecular formula is C32H68Si. The molecule has 0 amide bonds. The fourth-order valence-electron chi connectivity index (χ4n) is 5.61. The second kappa shape index (κ2) is 26.8. The zero-order valence-electron chi connectivity index (χ0n) is 24.3. The zero-order chi connectivity index (χ0) is 24.3. The van der Waals surface area contributed by atoms with Gasteiger partial charge in [-0.15, -0.1) is 0 Å². The van der Waals surface area contributed by atoms with Crippen LogP contribution < -0.4 is 0 Å². The van der Waals surface area contributed by atoms with Crippen molar-refractivity contribution in [3.8, 4) is 0 Å². The Balaban J connectivity index is 4.04. The summed E-state index contributed by atoms with van der Waals surface area (Å²) in [7, 11) is -0.998. The van der Waals surface area contributed by atoms with Crippen LogP contribution in [0.25, 0.3) is 0 Å². The van der Waals surface area contributed by atoms with Crippen molar-refractivity contribution >= 4 is 8.07 Å². The summed E-state index contributed by atoms with van der Waals surface area (Å²) in [4.78, 5) is 0. The molecule has 0 radical (unpaired) electrons. The molecule has 0 fully saturated rings. The van der Waals surface area contributed by atoms with Crippen LogP contribution in [0.2, 0.25) is 24.7 Å². The van der Waals surface area contributed by atoms with Gasteiger partial charge in [0, 0.05) is 0 Å². The van der Waals surface area contributed by atoms with Crippen LogP contribution in [-0.4, -0.2) is 8.07 Å². The molecule has 1 heteroatoms. The van der Waals surface area contributed by atoms with E-state index in [9.17, 15) is 0 Å². The maximum atomic E-state index is 2.79. The largest absolute Gasteiger partial charge is 0.0691 e. The Morgan fingerprint density at radius 1 is 0.273 bits per heavy atom. The number of unbranched alkanes of at least 4 members (excludes halogenated alkanes) is 22. The first-order chi connectivity index (χ1) is 16.2. The average Bonchev–Trinajstić information content (AvgIpc) is 2.81. The predicted molar refractivity (Wildman–Crippen MR) is 158 cm³/mol. The Morgan fingerprint density at radius 2 is 0.455 bits per heavy atom. The van der Waals surface area contributed by atoms with Crippen molar-refractivity contribution in [3.63, 3.8) is 0 Å². The minimum atomic E-state index is -0.998. The summed E-state index contributed by atoms with van der Waals surface area (Å²) in [5.41, 5.74) is 0.